The molecule has 0 aromatic rings. The molecule has 0 N–H and O–H groups in total. The Kier molecular flexibility index (Phi) is 17.0. The third-order valence-corrected chi connectivity index (χ3v) is 7.36. The predicted molar refractivity (Wildman–Crippen MR) is 134 cm³/mol. The third kappa shape index (κ3) is 12.0. The van der Waals surface area contributed by atoms with Gasteiger partial charge in [-0.1, -0.05) is 72.6 Å². The molecule has 1 heterocycles. The minimum atomic E-state index is -0.0171. The second-order valence-electron chi connectivity index (χ2n) is 9.63. The topological polar surface area (TPSA) is 24.9 Å². The van der Waals surface area contributed by atoms with Crippen molar-refractivity contribution in [2.75, 3.05) is 46.1 Å². The predicted octanol–water partition coefficient (Wildman–Crippen LogP) is 6.79. The van der Waals surface area contributed by atoms with Crippen LogP contribution in [0.4, 0.5) is 0 Å². The van der Waals surface area contributed by atoms with Crippen LogP contribution in [0, 0.1) is 17.8 Å². The van der Waals surface area contributed by atoms with E-state index < -0.39 is 0 Å². The minimum absolute atomic E-state index is 0.0171. The Morgan fingerprint density at radius 1 is 0.742 bits per heavy atom. The van der Waals surface area contributed by atoms with Gasteiger partial charge in [0, 0.05) is 32.7 Å². The first-order chi connectivity index (χ1) is 15.1. The molecule has 186 valence electrons. The smallest absolute Gasteiger partial charge is 0.157 e. The molecule has 0 aromatic heterocycles. The van der Waals surface area contributed by atoms with Gasteiger partial charge in [0.15, 0.2) is 6.29 Å². The van der Waals surface area contributed by atoms with E-state index in [9.17, 15) is 0 Å². The molecule has 1 fully saturated rings. The van der Waals surface area contributed by atoms with E-state index in [-0.39, 0.29) is 6.29 Å². The van der Waals surface area contributed by atoms with Crippen LogP contribution >= 0.6 is 0 Å². The van der Waals surface area contributed by atoms with Crippen LogP contribution in [0.25, 0.3) is 0 Å². The van der Waals surface area contributed by atoms with Crippen LogP contribution in [-0.4, -0.2) is 62.2 Å². The molecule has 31 heavy (non-hydrogen) atoms. The summed E-state index contributed by atoms with van der Waals surface area (Å²) in [7, 11) is 0. The van der Waals surface area contributed by atoms with Gasteiger partial charge >= 0.3 is 0 Å². The molecule has 2 unspecified atom stereocenters. The third-order valence-electron chi connectivity index (χ3n) is 7.36. The Morgan fingerprint density at radius 2 is 1.35 bits per heavy atom. The molecular weight excluding hydrogens is 384 g/mol. The molecule has 0 aliphatic carbocycles. The molecular formula is C27H56N2O2. The maximum atomic E-state index is 5.93. The van der Waals surface area contributed by atoms with E-state index >= 15 is 0 Å². The molecule has 4 heteroatoms. The van der Waals surface area contributed by atoms with Crippen molar-refractivity contribution in [2.24, 2.45) is 17.8 Å². The lowest BCUT2D eigenvalue weighted by molar-refractivity contribution is -0.147. The highest BCUT2D eigenvalue weighted by Gasteiger charge is 2.29. The van der Waals surface area contributed by atoms with E-state index in [0.29, 0.717) is 0 Å². The SMILES string of the molecule is CCCCCCCC(CCC(CC)C1CN(CC)CN(CC)C1)CC(OCC)OCC. The summed E-state index contributed by atoms with van der Waals surface area (Å²) in [6, 6.07) is 0. The second kappa shape index (κ2) is 18.3. The monoisotopic (exact) mass is 440 g/mol. The molecule has 0 saturated carbocycles. The zero-order chi connectivity index (χ0) is 22.9. The van der Waals surface area contributed by atoms with Gasteiger partial charge in [-0.15, -0.1) is 0 Å². The van der Waals surface area contributed by atoms with Crippen molar-refractivity contribution in [1.82, 2.24) is 9.80 Å². The lowest BCUT2D eigenvalue weighted by Gasteiger charge is -2.42. The van der Waals surface area contributed by atoms with E-state index in [1.807, 2.05) is 0 Å². The number of unbranched alkanes of at least 4 members (excludes halogenated alkanes) is 4. The van der Waals surface area contributed by atoms with E-state index in [1.54, 1.807) is 0 Å². The number of rotatable bonds is 19. The molecule has 2 atom stereocenters. The molecule has 1 rings (SSSR count). The Balaban J connectivity index is 2.66. The Hall–Kier alpha value is -0.160. The maximum Gasteiger partial charge on any atom is 0.157 e. The highest BCUT2D eigenvalue weighted by atomic mass is 16.7. The first-order valence-electron chi connectivity index (χ1n) is 13.8. The Morgan fingerprint density at radius 3 is 1.87 bits per heavy atom. The van der Waals surface area contributed by atoms with Crippen molar-refractivity contribution in [3.8, 4) is 0 Å². The van der Waals surface area contributed by atoms with Crippen LogP contribution in [0.5, 0.6) is 0 Å². The van der Waals surface area contributed by atoms with Crippen LogP contribution in [0.1, 0.15) is 106 Å². The van der Waals surface area contributed by atoms with Gasteiger partial charge in [-0.3, -0.25) is 9.80 Å². The van der Waals surface area contributed by atoms with Gasteiger partial charge in [-0.05, 0) is 57.5 Å². The van der Waals surface area contributed by atoms with Gasteiger partial charge in [0.25, 0.3) is 0 Å². The highest BCUT2D eigenvalue weighted by Crippen LogP contribution is 2.31. The molecule has 4 nitrogen and oxygen atoms in total. The lowest BCUT2D eigenvalue weighted by atomic mass is 9.81. The van der Waals surface area contributed by atoms with Gasteiger partial charge in [0.1, 0.15) is 0 Å². The summed E-state index contributed by atoms with van der Waals surface area (Å²) in [6.07, 6.45) is 13.2. The zero-order valence-electron chi connectivity index (χ0n) is 22.0. The normalized spacial score (nSPS) is 18.7. The molecule has 0 amide bonds. The van der Waals surface area contributed by atoms with Gasteiger partial charge in [0.2, 0.25) is 0 Å². The fourth-order valence-electron chi connectivity index (χ4n) is 5.34. The van der Waals surface area contributed by atoms with Crippen molar-refractivity contribution in [1.29, 1.82) is 0 Å². The fourth-order valence-corrected chi connectivity index (χ4v) is 5.34. The van der Waals surface area contributed by atoms with Crippen LogP contribution in [-0.2, 0) is 9.47 Å². The summed E-state index contributed by atoms with van der Waals surface area (Å²) >= 11 is 0. The van der Waals surface area contributed by atoms with Crippen LogP contribution in [0.3, 0.4) is 0 Å². The molecule has 0 radical (unpaired) electrons. The van der Waals surface area contributed by atoms with Crippen molar-refractivity contribution in [3.63, 3.8) is 0 Å². The van der Waals surface area contributed by atoms with E-state index in [4.69, 9.17) is 9.47 Å². The number of nitrogens with zero attached hydrogens (tertiary/aromatic N) is 2. The minimum Gasteiger partial charge on any atom is -0.353 e. The standard InChI is InChI=1S/C27H56N2O2/c1-7-13-14-15-16-17-24(20-27(30-11-5)31-12-6)18-19-25(8-2)26-21-28(9-3)23-29(10-4)22-26/h24-27H,7-23H2,1-6H3. The zero-order valence-corrected chi connectivity index (χ0v) is 22.0. The largest absolute Gasteiger partial charge is 0.353 e. The number of hydrogen-bond donors (Lipinski definition) is 0. The van der Waals surface area contributed by atoms with Gasteiger partial charge in [0.05, 0.1) is 6.67 Å². The summed E-state index contributed by atoms with van der Waals surface area (Å²) in [5.41, 5.74) is 0. The summed E-state index contributed by atoms with van der Waals surface area (Å²) in [5.74, 6) is 2.38. The lowest BCUT2D eigenvalue weighted by Crippen LogP contribution is -2.51. The number of hydrogen-bond acceptors (Lipinski definition) is 4. The van der Waals surface area contributed by atoms with Gasteiger partial charge in [-0.2, -0.15) is 0 Å². The van der Waals surface area contributed by atoms with Gasteiger partial charge in [-0.25, -0.2) is 0 Å². The van der Waals surface area contributed by atoms with Crippen molar-refractivity contribution in [2.45, 2.75) is 112 Å². The van der Waals surface area contributed by atoms with Crippen LogP contribution in [0.2, 0.25) is 0 Å². The average Bonchev–Trinajstić information content (AvgIpc) is 2.79. The highest BCUT2D eigenvalue weighted by molar-refractivity contribution is 4.81. The second-order valence-corrected chi connectivity index (χ2v) is 9.63. The molecule has 1 aliphatic heterocycles. The van der Waals surface area contributed by atoms with E-state index in [0.717, 1.165) is 44.1 Å². The van der Waals surface area contributed by atoms with Crippen molar-refractivity contribution >= 4 is 0 Å². The van der Waals surface area contributed by atoms with Crippen LogP contribution in [0.15, 0.2) is 0 Å². The van der Waals surface area contributed by atoms with Crippen molar-refractivity contribution in [3.05, 3.63) is 0 Å². The fraction of sp³-hybridized carbons (Fsp3) is 1.00. The first-order valence-corrected chi connectivity index (χ1v) is 13.8. The number of ether oxygens (including phenoxy) is 2. The molecule has 1 saturated heterocycles. The summed E-state index contributed by atoms with van der Waals surface area (Å²) in [5, 5.41) is 0. The van der Waals surface area contributed by atoms with Gasteiger partial charge < -0.3 is 9.47 Å². The molecule has 1 aliphatic rings. The first kappa shape index (κ1) is 28.9. The summed E-state index contributed by atoms with van der Waals surface area (Å²) in [6.45, 7) is 21.1. The quantitative estimate of drug-likeness (QED) is 0.163. The molecule has 0 bridgehead atoms. The molecule has 0 spiro atoms. The van der Waals surface area contributed by atoms with Crippen molar-refractivity contribution < 1.29 is 9.47 Å². The maximum absolute atomic E-state index is 5.93. The average molecular weight is 441 g/mol. The van der Waals surface area contributed by atoms with Crippen LogP contribution < -0.4 is 0 Å². The van der Waals surface area contributed by atoms with E-state index in [1.165, 1.54) is 84.0 Å². The summed E-state index contributed by atoms with van der Waals surface area (Å²) < 4.78 is 11.9. The summed E-state index contributed by atoms with van der Waals surface area (Å²) in [4.78, 5) is 5.29. The Labute approximate surface area is 195 Å². The van der Waals surface area contributed by atoms with E-state index in [2.05, 4.69) is 51.3 Å². The molecule has 0 aromatic carbocycles. The Bertz CT molecular complexity index is 389.